The van der Waals surface area contributed by atoms with Crippen LogP contribution in [0.2, 0.25) is 0 Å². The molecule has 0 aliphatic rings. The molecule has 0 aliphatic carbocycles. The summed E-state index contributed by atoms with van der Waals surface area (Å²) in [6, 6.07) is 9.55. The van der Waals surface area contributed by atoms with Crippen molar-refractivity contribution in [1.29, 1.82) is 0 Å². The van der Waals surface area contributed by atoms with Gasteiger partial charge in [-0.05, 0) is 49.6 Å². The minimum absolute atomic E-state index is 0.120. The van der Waals surface area contributed by atoms with E-state index in [1.807, 2.05) is 30.5 Å². The Morgan fingerprint density at radius 3 is 2.52 bits per heavy atom. The van der Waals surface area contributed by atoms with Crippen LogP contribution in [0, 0.1) is 11.7 Å². The molecule has 3 rings (SSSR count). The zero-order chi connectivity index (χ0) is 21.0. The van der Waals surface area contributed by atoms with Gasteiger partial charge in [0.05, 0.1) is 17.6 Å². The summed E-state index contributed by atoms with van der Waals surface area (Å²) < 4.78 is 20.6. The first-order valence-electron chi connectivity index (χ1n) is 9.54. The lowest BCUT2D eigenvalue weighted by atomic mass is 10.1. The first-order chi connectivity index (χ1) is 13.8. The zero-order valence-electron chi connectivity index (χ0n) is 16.9. The molecule has 154 valence electrons. The number of aromatic nitrogens is 3. The maximum absolute atomic E-state index is 13.1. The number of hydrogen-bond donors (Lipinski definition) is 1. The number of rotatable bonds is 8. The normalized spacial score (nSPS) is 13.4. The Bertz CT molecular complexity index is 938. The second-order valence-corrected chi connectivity index (χ2v) is 8.64. The van der Waals surface area contributed by atoms with Crippen molar-refractivity contribution in [2.75, 3.05) is 0 Å². The predicted octanol–water partition coefficient (Wildman–Crippen LogP) is 4.69. The van der Waals surface area contributed by atoms with Crippen LogP contribution >= 0.6 is 11.8 Å². The molecule has 8 heteroatoms. The second-order valence-electron chi connectivity index (χ2n) is 7.33. The summed E-state index contributed by atoms with van der Waals surface area (Å²) in [5.41, 5.74) is 0.847. The molecule has 2 atom stereocenters. The number of benzene rings is 1. The Labute approximate surface area is 173 Å². The lowest BCUT2D eigenvalue weighted by molar-refractivity contribution is -0.120. The Hall–Kier alpha value is -2.61. The lowest BCUT2D eigenvalue weighted by Crippen LogP contribution is -2.33. The summed E-state index contributed by atoms with van der Waals surface area (Å²) in [5, 5.41) is 11.8. The van der Waals surface area contributed by atoms with Gasteiger partial charge in [0.25, 0.3) is 0 Å². The number of halogens is 1. The molecule has 0 bridgehead atoms. The van der Waals surface area contributed by atoms with E-state index >= 15 is 0 Å². The lowest BCUT2D eigenvalue weighted by Gasteiger charge is -2.18. The number of amides is 1. The molecule has 1 amide bonds. The molecular formula is C21H25FN4O2S. The molecule has 2 aromatic heterocycles. The maximum atomic E-state index is 13.1. The van der Waals surface area contributed by atoms with Crippen LogP contribution in [-0.4, -0.2) is 25.9 Å². The molecule has 0 saturated carbocycles. The third-order valence-corrected chi connectivity index (χ3v) is 5.47. The number of furan rings is 1. The van der Waals surface area contributed by atoms with Crippen molar-refractivity contribution in [2.45, 2.75) is 50.7 Å². The Morgan fingerprint density at radius 1 is 1.17 bits per heavy atom. The number of carbonyl (C=O) groups is 1. The molecular weight excluding hydrogens is 391 g/mol. The van der Waals surface area contributed by atoms with Gasteiger partial charge in [-0.25, -0.2) is 4.39 Å². The standard InChI is InChI=1S/C21H25FN4O2S/c1-13(2)12-26-19(18-6-5-11-28-18)24-25-21(26)29-15(4)20(27)23-14(3)16-7-9-17(22)10-8-16/h5-11,13-15H,12H2,1-4H3,(H,23,27). The van der Waals surface area contributed by atoms with E-state index in [0.29, 0.717) is 29.2 Å². The van der Waals surface area contributed by atoms with Gasteiger partial charge < -0.3 is 9.73 Å². The van der Waals surface area contributed by atoms with E-state index in [4.69, 9.17) is 4.42 Å². The van der Waals surface area contributed by atoms with E-state index in [0.717, 1.165) is 5.56 Å². The molecule has 1 aromatic carbocycles. The molecule has 1 N–H and O–H groups in total. The van der Waals surface area contributed by atoms with Gasteiger partial charge in [-0.15, -0.1) is 10.2 Å². The highest BCUT2D eigenvalue weighted by molar-refractivity contribution is 8.00. The van der Waals surface area contributed by atoms with E-state index < -0.39 is 0 Å². The highest BCUT2D eigenvalue weighted by Gasteiger charge is 2.23. The first-order valence-corrected chi connectivity index (χ1v) is 10.4. The van der Waals surface area contributed by atoms with Crippen molar-refractivity contribution >= 4 is 17.7 Å². The molecule has 0 aliphatic heterocycles. The summed E-state index contributed by atoms with van der Waals surface area (Å²) in [5.74, 6) is 1.26. The van der Waals surface area contributed by atoms with Crippen LogP contribution in [0.25, 0.3) is 11.6 Å². The van der Waals surface area contributed by atoms with E-state index in [1.165, 1.54) is 23.9 Å². The number of carbonyl (C=O) groups excluding carboxylic acids is 1. The van der Waals surface area contributed by atoms with Crippen LogP contribution in [0.15, 0.2) is 52.2 Å². The largest absolute Gasteiger partial charge is 0.461 e. The molecule has 0 saturated heterocycles. The van der Waals surface area contributed by atoms with Crippen LogP contribution in [0.4, 0.5) is 4.39 Å². The number of nitrogens with one attached hydrogen (secondary N) is 1. The van der Waals surface area contributed by atoms with Gasteiger partial charge in [0.1, 0.15) is 5.82 Å². The average molecular weight is 417 g/mol. The summed E-state index contributed by atoms with van der Waals surface area (Å²) in [6.07, 6.45) is 1.60. The van der Waals surface area contributed by atoms with Crippen molar-refractivity contribution in [2.24, 2.45) is 5.92 Å². The molecule has 0 fully saturated rings. The number of thioether (sulfide) groups is 1. The summed E-state index contributed by atoms with van der Waals surface area (Å²) in [6.45, 7) is 8.64. The van der Waals surface area contributed by atoms with Gasteiger partial charge in [-0.2, -0.15) is 0 Å². The van der Waals surface area contributed by atoms with Crippen molar-refractivity contribution in [3.63, 3.8) is 0 Å². The average Bonchev–Trinajstić information content (AvgIpc) is 3.32. The maximum Gasteiger partial charge on any atom is 0.233 e. The summed E-state index contributed by atoms with van der Waals surface area (Å²) in [7, 11) is 0. The summed E-state index contributed by atoms with van der Waals surface area (Å²) in [4.78, 5) is 12.7. The third kappa shape index (κ3) is 5.26. The number of nitrogens with zero attached hydrogens (tertiary/aromatic N) is 3. The SMILES string of the molecule is CC(C)Cn1c(SC(C)C(=O)NC(C)c2ccc(F)cc2)nnc1-c1ccco1. The second kappa shape index (κ2) is 9.26. The van der Waals surface area contributed by atoms with E-state index in [-0.39, 0.29) is 23.0 Å². The monoisotopic (exact) mass is 416 g/mol. The van der Waals surface area contributed by atoms with Crippen molar-refractivity contribution in [3.8, 4) is 11.6 Å². The minimum Gasteiger partial charge on any atom is -0.461 e. The van der Waals surface area contributed by atoms with Gasteiger partial charge in [0, 0.05) is 6.54 Å². The Balaban J connectivity index is 1.71. The van der Waals surface area contributed by atoms with Crippen molar-refractivity contribution < 1.29 is 13.6 Å². The minimum atomic E-state index is -0.377. The molecule has 0 spiro atoms. The quantitative estimate of drug-likeness (QED) is 0.539. The molecule has 2 heterocycles. The van der Waals surface area contributed by atoms with Crippen molar-refractivity contribution in [3.05, 3.63) is 54.0 Å². The smallest absolute Gasteiger partial charge is 0.233 e. The van der Waals surface area contributed by atoms with Crippen molar-refractivity contribution in [1.82, 2.24) is 20.1 Å². The highest BCUT2D eigenvalue weighted by Crippen LogP contribution is 2.28. The van der Waals surface area contributed by atoms with E-state index in [9.17, 15) is 9.18 Å². The van der Waals surface area contributed by atoms with Gasteiger partial charge >= 0.3 is 0 Å². The van der Waals surface area contributed by atoms with Crippen LogP contribution in [0.1, 0.15) is 39.3 Å². The molecule has 3 aromatic rings. The fourth-order valence-corrected chi connectivity index (χ4v) is 3.74. The van der Waals surface area contributed by atoms with Crippen LogP contribution in [-0.2, 0) is 11.3 Å². The molecule has 0 radical (unpaired) electrons. The van der Waals surface area contributed by atoms with Crippen LogP contribution in [0.3, 0.4) is 0 Å². The van der Waals surface area contributed by atoms with Crippen LogP contribution < -0.4 is 5.32 Å². The van der Waals surface area contributed by atoms with E-state index in [2.05, 4.69) is 29.4 Å². The molecule has 2 unspecified atom stereocenters. The van der Waals surface area contributed by atoms with Crippen LogP contribution in [0.5, 0.6) is 0 Å². The third-order valence-electron chi connectivity index (χ3n) is 4.39. The fourth-order valence-electron chi connectivity index (χ4n) is 2.87. The first kappa shape index (κ1) is 21.1. The Morgan fingerprint density at radius 2 is 1.90 bits per heavy atom. The fraction of sp³-hybridized carbons (Fsp3) is 0.381. The number of hydrogen-bond acceptors (Lipinski definition) is 5. The van der Waals surface area contributed by atoms with Gasteiger partial charge in [0.2, 0.25) is 5.91 Å². The summed E-state index contributed by atoms with van der Waals surface area (Å²) >= 11 is 1.35. The van der Waals surface area contributed by atoms with E-state index in [1.54, 1.807) is 18.4 Å². The molecule has 6 nitrogen and oxygen atoms in total. The molecule has 29 heavy (non-hydrogen) atoms. The van der Waals surface area contributed by atoms with Gasteiger partial charge in [0.15, 0.2) is 16.7 Å². The zero-order valence-corrected chi connectivity index (χ0v) is 17.7. The highest BCUT2D eigenvalue weighted by atomic mass is 32.2. The Kier molecular flexibility index (Phi) is 6.74. The van der Waals surface area contributed by atoms with Gasteiger partial charge in [-0.3, -0.25) is 9.36 Å². The predicted molar refractivity (Wildman–Crippen MR) is 111 cm³/mol. The topological polar surface area (TPSA) is 73.0 Å². The van der Waals surface area contributed by atoms with Gasteiger partial charge in [-0.1, -0.05) is 37.7 Å².